The molecule has 2 aromatic rings. The van der Waals surface area contributed by atoms with Gasteiger partial charge in [0.15, 0.2) is 11.5 Å². The average molecular weight is 382 g/mol. The molecule has 1 heterocycles. The summed E-state index contributed by atoms with van der Waals surface area (Å²) < 4.78 is 10.3. The van der Waals surface area contributed by atoms with Crippen LogP contribution in [0.3, 0.4) is 0 Å². The van der Waals surface area contributed by atoms with Gasteiger partial charge in [0.25, 0.3) is 5.91 Å². The quantitative estimate of drug-likeness (QED) is 0.770. The zero-order chi connectivity index (χ0) is 20.4. The van der Waals surface area contributed by atoms with Crippen molar-refractivity contribution >= 4 is 29.4 Å². The normalized spacial score (nSPS) is 15.0. The van der Waals surface area contributed by atoms with E-state index in [0.29, 0.717) is 22.5 Å². The molecule has 1 amide bonds. The summed E-state index contributed by atoms with van der Waals surface area (Å²) in [5, 5.41) is 24.5. The van der Waals surface area contributed by atoms with Crippen LogP contribution in [0.15, 0.2) is 47.1 Å². The first-order chi connectivity index (χ1) is 13.3. The van der Waals surface area contributed by atoms with Gasteiger partial charge in [0.1, 0.15) is 0 Å². The molecule has 8 nitrogen and oxygen atoms in total. The topological polar surface area (TPSA) is 109 Å². The molecule has 8 heteroatoms. The van der Waals surface area contributed by atoms with Crippen molar-refractivity contribution in [2.45, 2.75) is 6.92 Å². The second kappa shape index (κ2) is 7.43. The van der Waals surface area contributed by atoms with Crippen molar-refractivity contribution in [2.24, 2.45) is 5.10 Å². The van der Waals surface area contributed by atoms with Gasteiger partial charge >= 0.3 is 5.97 Å². The van der Waals surface area contributed by atoms with E-state index in [-0.39, 0.29) is 28.7 Å². The van der Waals surface area contributed by atoms with Crippen molar-refractivity contribution in [3.05, 3.63) is 53.1 Å². The predicted octanol–water partition coefficient (Wildman–Crippen LogP) is 2.91. The van der Waals surface area contributed by atoms with Crippen molar-refractivity contribution in [3.8, 4) is 17.2 Å². The Morgan fingerprint density at radius 2 is 1.68 bits per heavy atom. The molecule has 0 saturated heterocycles. The number of aromatic carboxylic acids is 1. The molecule has 3 rings (SSSR count). The predicted molar refractivity (Wildman–Crippen MR) is 103 cm³/mol. The third-order valence-corrected chi connectivity index (χ3v) is 4.23. The van der Waals surface area contributed by atoms with Gasteiger partial charge in [0.2, 0.25) is 5.75 Å². The third kappa shape index (κ3) is 3.39. The lowest BCUT2D eigenvalue weighted by molar-refractivity contribution is -0.114. The molecule has 1 aliphatic rings. The Morgan fingerprint density at radius 1 is 1.11 bits per heavy atom. The number of benzene rings is 2. The molecule has 28 heavy (non-hydrogen) atoms. The largest absolute Gasteiger partial charge is 0.502 e. The number of carboxylic acid groups (broad SMARTS) is 1. The minimum Gasteiger partial charge on any atom is -0.502 e. The Labute approximate surface area is 160 Å². The van der Waals surface area contributed by atoms with E-state index in [1.54, 1.807) is 25.1 Å². The maximum absolute atomic E-state index is 12.8. The van der Waals surface area contributed by atoms with Crippen LogP contribution in [-0.2, 0) is 4.79 Å². The Kier molecular flexibility index (Phi) is 5.04. The first kappa shape index (κ1) is 19.0. The number of carbonyl (C=O) groups is 2. The molecule has 0 spiro atoms. The number of rotatable bonds is 5. The van der Waals surface area contributed by atoms with Crippen molar-refractivity contribution < 1.29 is 29.3 Å². The summed E-state index contributed by atoms with van der Waals surface area (Å²) in [7, 11) is 2.84. The van der Waals surface area contributed by atoms with Gasteiger partial charge in [0.05, 0.1) is 36.8 Å². The molecule has 0 unspecified atom stereocenters. The number of hydrogen-bond donors (Lipinski definition) is 2. The number of carboxylic acids is 1. The summed E-state index contributed by atoms with van der Waals surface area (Å²) in [6.07, 6.45) is 1.62. The van der Waals surface area contributed by atoms with Crippen LogP contribution < -0.4 is 14.5 Å². The van der Waals surface area contributed by atoms with E-state index in [1.165, 1.54) is 43.5 Å². The number of carbonyl (C=O) groups excluding carboxylic acids is 1. The van der Waals surface area contributed by atoms with Crippen LogP contribution in [0.1, 0.15) is 22.8 Å². The molecule has 0 saturated carbocycles. The molecule has 2 N–H and O–H groups in total. The lowest BCUT2D eigenvalue weighted by Crippen LogP contribution is -2.21. The molecule has 1 aliphatic heterocycles. The second-order valence-corrected chi connectivity index (χ2v) is 5.99. The Morgan fingerprint density at radius 3 is 2.18 bits per heavy atom. The summed E-state index contributed by atoms with van der Waals surface area (Å²) in [6, 6.07) is 9.02. The van der Waals surface area contributed by atoms with E-state index in [1.807, 2.05) is 0 Å². The minimum atomic E-state index is -1.05. The molecule has 144 valence electrons. The summed E-state index contributed by atoms with van der Waals surface area (Å²) in [4.78, 5) is 23.8. The number of amides is 1. The average Bonchev–Trinajstić information content (AvgIpc) is 2.97. The number of phenolic OH excluding ortho intramolecular Hbond substituents is 1. The molecular formula is C20H18N2O6. The van der Waals surface area contributed by atoms with Crippen LogP contribution >= 0.6 is 0 Å². The highest BCUT2D eigenvalue weighted by Gasteiger charge is 2.29. The van der Waals surface area contributed by atoms with E-state index in [0.717, 1.165) is 0 Å². The molecule has 0 bridgehead atoms. The van der Waals surface area contributed by atoms with Crippen molar-refractivity contribution in [1.29, 1.82) is 0 Å². The number of aromatic hydroxyl groups is 1. The highest BCUT2D eigenvalue weighted by atomic mass is 16.5. The number of hydrazone groups is 1. The Hall–Kier alpha value is -3.81. The van der Waals surface area contributed by atoms with Gasteiger partial charge in [-0.1, -0.05) is 0 Å². The number of hydrogen-bond acceptors (Lipinski definition) is 6. The van der Waals surface area contributed by atoms with Crippen molar-refractivity contribution in [1.82, 2.24) is 0 Å². The lowest BCUT2D eigenvalue weighted by atomic mass is 10.1. The molecule has 0 atom stereocenters. The van der Waals surface area contributed by atoms with Gasteiger partial charge < -0.3 is 19.7 Å². The van der Waals surface area contributed by atoms with Crippen LogP contribution in [-0.4, -0.2) is 42.0 Å². The highest BCUT2D eigenvalue weighted by Crippen LogP contribution is 2.38. The zero-order valence-electron chi connectivity index (χ0n) is 15.5. The van der Waals surface area contributed by atoms with Gasteiger partial charge in [-0.2, -0.15) is 10.1 Å². The van der Waals surface area contributed by atoms with Gasteiger partial charge in [-0.05, 0) is 55.0 Å². The van der Waals surface area contributed by atoms with Gasteiger partial charge in [-0.3, -0.25) is 4.79 Å². The van der Waals surface area contributed by atoms with E-state index in [9.17, 15) is 14.7 Å². The molecule has 2 aromatic carbocycles. The fraction of sp³-hybridized carbons (Fsp3) is 0.150. The number of anilines is 1. The van der Waals surface area contributed by atoms with E-state index >= 15 is 0 Å². The fourth-order valence-electron chi connectivity index (χ4n) is 2.77. The van der Waals surface area contributed by atoms with E-state index in [2.05, 4.69) is 5.10 Å². The second-order valence-electron chi connectivity index (χ2n) is 5.99. The summed E-state index contributed by atoms with van der Waals surface area (Å²) in [5.41, 5.74) is 2.02. The van der Waals surface area contributed by atoms with E-state index in [4.69, 9.17) is 14.6 Å². The number of phenols is 1. The number of nitrogens with zero attached hydrogens (tertiary/aromatic N) is 2. The molecule has 0 aromatic heterocycles. The zero-order valence-corrected chi connectivity index (χ0v) is 15.5. The lowest BCUT2D eigenvalue weighted by Gasteiger charge is -2.12. The number of methoxy groups -OCH3 is 2. The maximum atomic E-state index is 12.8. The van der Waals surface area contributed by atoms with Crippen LogP contribution in [0.2, 0.25) is 0 Å². The standard InChI is InChI=1S/C20H18N2O6/c1-11-15(8-12-9-16(27-2)18(23)17(10-12)28-3)19(24)22(21-11)14-6-4-13(5-7-14)20(25)26/h4-10,23H,1-3H3,(H,25,26)/b15-8+. The van der Waals surface area contributed by atoms with Gasteiger partial charge in [-0.25, -0.2) is 4.79 Å². The fourth-order valence-corrected chi connectivity index (χ4v) is 2.77. The van der Waals surface area contributed by atoms with Crippen LogP contribution in [0.5, 0.6) is 17.2 Å². The SMILES string of the molecule is COc1cc(/C=C2/C(=O)N(c3ccc(C(=O)O)cc3)N=C2C)cc(OC)c1O. The summed E-state index contributed by atoms with van der Waals surface area (Å²) in [5.74, 6) is -1.10. The third-order valence-electron chi connectivity index (χ3n) is 4.23. The number of ether oxygens (including phenoxy) is 2. The highest BCUT2D eigenvalue weighted by molar-refractivity contribution is 6.32. The van der Waals surface area contributed by atoms with Gasteiger partial charge in [0, 0.05) is 0 Å². The van der Waals surface area contributed by atoms with Crippen molar-refractivity contribution in [2.75, 3.05) is 19.2 Å². The summed E-state index contributed by atoms with van der Waals surface area (Å²) >= 11 is 0. The molecule has 0 fully saturated rings. The first-order valence-electron chi connectivity index (χ1n) is 8.25. The first-order valence-corrected chi connectivity index (χ1v) is 8.25. The molecule has 0 aliphatic carbocycles. The van der Waals surface area contributed by atoms with E-state index < -0.39 is 5.97 Å². The van der Waals surface area contributed by atoms with Crippen LogP contribution in [0, 0.1) is 0 Å². The van der Waals surface area contributed by atoms with Crippen LogP contribution in [0.4, 0.5) is 5.69 Å². The van der Waals surface area contributed by atoms with Crippen molar-refractivity contribution in [3.63, 3.8) is 0 Å². The maximum Gasteiger partial charge on any atom is 0.335 e. The Bertz CT molecular complexity index is 983. The summed E-state index contributed by atoms with van der Waals surface area (Å²) in [6.45, 7) is 1.70. The molecule has 0 radical (unpaired) electrons. The smallest absolute Gasteiger partial charge is 0.335 e. The van der Waals surface area contributed by atoms with Gasteiger partial charge in [-0.15, -0.1) is 0 Å². The Balaban J connectivity index is 1.95. The van der Waals surface area contributed by atoms with Crippen LogP contribution in [0.25, 0.3) is 6.08 Å². The molecular weight excluding hydrogens is 364 g/mol. The monoisotopic (exact) mass is 382 g/mol. The minimum absolute atomic E-state index is 0.121.